The maximum atomic E-state index is 14.0. The van der Waals surface area contributed by atoms with Crippen LogP contribution in [0.1, 0.15) is 38.2 Å². The Balaban J connectivity index is 2.28. The van der Waals surface area contributed by atoms with E-state index < -0.39 is 6.04 Å². The maximum absolute atomic E-state index is 14.0. The largest absolute Gasteiger partial charge is 0.360 e. The molecule has 0 radical (unpaired) electrons. The van der Waals surface area contributed by atoms with E-state index in [0.717, 1.165) is 5.56 Å². The van der Waals surface area contributed by atoms with Gasteiger partial charge >= 0.3 is 0 Å². The highest BCUT2D eigenvalue weighted by atomic mass is 19.1. The van der Waals surface area contributed by atoms with E-state index >= 15 is 0 Å². The number of carbonyl (C=O) groups is 2. The third-order valence-electron chi connectivity index (χ3n) is 3.69. The summed E-state index contributed by atoms with van der Waals surface area (Å²) in [6.45, 7) is 4.06. The molecule has 1 aliphatic heterocycles. The lowest BCUT2D eigenvalue weighted by Crippen LogP contribution is -2.51. The van der Waals surface area contributed by atoms with Crippen molar-refractivity contribution < 1.29 is 14.0 Å². The number of halogens is 1. The Hall–Kier alpha value is -1.91. The van der Waals surface area contributed by atoms with Gasteiger partial charge in [0.2, 0.25) is 11.8 Å². The third kappa shape index (κ3) is 2.81. The molecule has 0 aliphatic carbocycles. The van der Waals surface area contributed by atoms with Crippen LogP contribution >= 0.6 is 0 Å². The standard InChI is InChI=1S/C15H19FN2O2/c1-9(2)10-4-5-11(16)13(8-10)18(3)12-6-7-14(19)17-15(12)20/h4-5,8-9,12H,6-7H2,1-3H3,(H,17,19,20). The molecule has 0 saturated carbocycles. The highest BCUT2D eigenvalue weighted by Gasteiger charge is 2.31. The molecule has 5 heteroatoms. The van der Waals surface area contributed by atoms with Crippen LogP contribution in [0.5, 0.6) is 0 Å². The van der Waals surface area contributed by atoms with Crippen LogP contribution in [0.4, 0.5) is 10.1 Å². The van der Waals surface area contributed by atoms with Crippen molar-refractivity contribution in [3.05, 3.63) is 29.6 Å². The molecule has 2 rings (SSSR count). The van der Waals surface area contributed by atoms with Crippen LogP contribution in [0.2, 0.25) is 0 Å². The van der Waals surface area contributed by atoms with E-state index in [-0.39, 0.29) is 30.0 Å². The summed E-state index contributed by atoms with van der Waals surface area (Å²) in [6, 6.07) is 4.43. The van der Waals surface area contributed by atoms with Crippen LogP contribution in [0.3, 0.4) is 0 Å². The van der Waals surface area contributed by atoms with Gasteiger partial charge in [0.1, 0.15) is 11.9 Å². The fourth-order valence-corrected chi connectivity index (χ4v) is 2.38. The second-order valence-corrected chi connectivity index (χ2v) is 5.44. The van der Waals surface area contributed by atoms with Crippen LogP contribution in [-0.4, -0.2) is 24.9 Å². The number of anilines is 1. The number of nitrogens with one attached hydrogen (secondary N) is 1. The zero-order valence-electron chi connectivity index (χ0n) is 11.9. The van der Waals surface area contributed by atoms with Gasteiger partial charge in [0.25, 0.3) is 0 Å². The van der Waals surface area contributed by atoms with Crippen LogP contribution in [-0.2, 0) is 9.59 Å². The highest BCUT2D eigenvalue weighted by Crippen LogP contribution is 2.27. The van der Waals surface area contributed by atoms with Gasteiger partial charge in [-0.15, -0.1) is 0 Å². The summed E-state index contributed by atoms with van der Waals surface area (Å²) in [7, 11) is 1.68. The van der Waals surface area contributed by atoms with Crippen molar-refractivity contribution in [2.45, 2.75) is 38.6 Å². The monoisotopic (exact) mass is 278 g/mol. The van der Waals surface area contributed by atoms with Crippen molar-refractivity contribution >= 4 is 17.5 Å². The first-order valence-corrected chi connectivity index (χ1v) is 6.76. The van der Waals surface area contributed by atoms with Crippen LogP contribution in [0.25, 0.3) is 0 Å². The first-order chi connectivity index (χ1) is 9.40. The molecule has 1 aliphatic rings. The molecule has 1 heterocycles. The average Bonchev–Trinajstić information content (AvgIpc) is 2.38. The third-order valence-corrected chi connectivity index (χ3v) is 3.69. The Kier molecular flexibility index (Phi) is 4.06. The number of hydrogen-bond acceptors (Lipinski definition) is 3. The lowest BCUT2D eigenvalue weighted by Gasteiger charge is -2.32. The van der Waals surface area contributed by atoms with E-state index in [1.54, 1.807) is 24.1 Å². The quantitative estimate of drug-likeness (QED) is 0.862. The van der Waals surface area contributed by atoms with Crippen LogP contribution in [0, 0.1) is 5.82 Å². The van der Waals surface area contributed by atoms with Gasteiger partial charge in [-0.25, -0.2) is 4.39 Å². The molecular formula is C15H19FN2O2. The van der Waals surface area contributed by atoms with Crippen molar-refractivity contribution in [3.63, 3.8) is 0 Å². The number of benzene rings is 1. The number of likely N-dealkylation sites (N-methyl/N-ethyl adjacent to an activating group) is 1. The van der Waals surface area contributed by atoms with Crippen LogP contribution in [0.15, 0.2) is 18.2 Å². The summed E-state index contributed by atoms with van der Waals surface area (Å²) in [5, 5.41) is 2.29. The number of nitrogens with zero attached hydrogens (tertiary/aromatic N) is 1. The molecule has 0 aromatic heterocycles. The second kappa shape index (κ2) is 5.61. The zero-order chi connectivity index (χ0) is 14.9. The predicted octanol–water partition coefficient (Wildman–Crippen LogP) is 2.19. The molecule has 0 bridgehead atoms. The topological polar surface area (TPSA) is 49.4 Å². The molecular weight excluding hydrogens is 259 g/mol. The van der Waals surface area contributed by atoms with Crippen molar-refractivity contribution in [3.8, 4) is 0 Å². The number of rotatable bonds is 3. The normalized spacial score (nSPS) is 19.1. The van der Waals surface area contributed by atoms with Gasteiger partial charge in [-0.1, -0.05) is 19.9 Å². The molecule has 2 amide bonds. The summed E-state index contributed by atoms with van der Waals surface area (Å²) in [6.07, 6.45) is 0.693. The minimum atomic E-state index is -0.510. The lowest BCUT2D eigenvalue weighted by atomic mass is 10.0. The minimum absolute atomic E-state index is 0.268. The van der Waals surface area contributed by atoms with Gasteiger partial charge in [0.15, 0.2) is 0 Å². The van der Waals surface area contributed by atoms with E-state index in [2.05, 4.69) is 5.32 Å². The Morgan fingerprint density at radius 2 is 2.05 bits per heavy atom. The smallest absolute Gasteiger partial charge is 0.249 e. The molecule has 1 aromatic rings. The van der Waals surface area contributed by atoms with Gasteiger partial charge in [-0.2, -0.15) is 0 Å². The van der Waals surface area contributed by atoms with E-state index in [4.69, 9.17) is 0 Å². The first-order valence-electron chi connectivity index (χ1n) is 6.76. The first kappa shape index (κ1) is 14.5. The van der Waals surface area contributed by atoms with E-state index in [1.165, 1.54) is 6.07 Å². The second-order valence-electron chi connectivity index (χ2n) is 5.44. The Bertz CT molecular complexity index is 543. The number of hydrogen-bond donors (Lipinski definition) is 1. The molecule has 1 aromatic carbocycles. The molecule has 108 valence electrons. The summed E-state index contributed by atoms with van der Waals surface area (Å²) in [5.74, 6) is -0.708. The van der Waals surface area contributed by atoms with Gasteiger partial charge < -0.3 is 4.90 Å². The Morgan fingerprint density at radius 1 is 1.35 bits per heavy atom. The van der Waals surface area contributed by atoms with Crippen LogP contribution < -0.4 is 10.2 Å². The molecule has 4 nitrogen and oxygen atoms in total. The van der Waals surface area contributed by atoms with E-state index in [9.17, 15) is 14.0 Å². The van der Waals surface area contributed by atoms with Gasteiger partial charge in [0.05, 0.1) is 5.69 Å². The van der Waals surface area contributed by atoms with Crippen molar-refractivity contribution in [1.82, 2.24) is 5.32 Å². The van der Waals surface area contributed by atoms with Gasteiger partial charge in [-0.05, 0) is 30.0 Å². The fourth-order valence-electron chi connectivity index (χ4n) is 2.38. The average molecular weight is 278 g/mol. The number of carbonyl (C=O) groups excluding carboxylic acids is 2. The molecule has 0 spiro atoms. The zero-order valence-corrected chi connectivity index (χ0v) is 11.9. The summed E-state index contributed by atoms with van der Waals surface area (Å²) in [4.78, 5) is 24.6. The summed E-state index contributed by atoms with van der Waals surface area (Å²) in [5.41, 5.74) is 1.41. The van der Waals surface area contributed by atoms with Crippen molar-refractivity contribution in [2.75, 3.05) is 11.9 Å². The SMILES string of the molecule is CC(C)c1ccc(F)c(N(C)C2CCC(=O)NC2=O)c1. The number of imide groups is 1. The predicted molar refractivity (Wildman–Crippen MR) is 75.1 cm³/mol. The fraction of sp³-hybridized carbons (Fsp3) is 0.467. The molecule has 1 saturated heterocycles. The van der Waals surface area contributed by atoms with E-state index in [0.29, 0.717) is 12.1 Å². The summed E-state index contributed by atoms with van der Waals surface area (Å²) < 4.78 is 14.0. The molecule has 1 fully saturated rings. The molecule has 1 unspecified atom stereocenters. The van der Waals surface area contributed by atoms with Crippen molar-refractivity contribution in [2.24, 2.45) is 0 Å². The molecule has 20 heavy (non-hydrogen) atoms. The Morgan fingerprint density at radius 3 is 2.65 bits per heavy atom. The maximum Gasteiger partial charge on any atom is 0.249 e. The van der Waals surface area contributed by atoms with Crippen molar-refractivity contribution in [1.29, 1.82) is 0 Å². The van der Waals surface area contributed by atoms with Gasteiger partial charge in [0, 0.05) is 13.5 Å². The highest BCUT2D eigenvalue weighted by molar-refractivity contribution is 6.01. The minimum Gasteiger partial charge on any atom is -0.360 e. The summed E-state index contributed by atoms with van der Waals surface area (Å²) >= 11 is 0. The Labute approximate surface area is 118 Å². The van der Waals surface area contributed by atoms with E-state index in [1.807, 2.05) is 13.8 Å². The number of amides is 2. The van der Waals surface area contributed by atoms with Gasteiger partial charge in [-0.3, -0.25) is 14.9 Å². The molecule has 1 atom stereocenters. The number of piperidine rings is 1. The molecule has 1 N–H and O–H groups in total. The lowest BCUT2D eigenvalue weighted by molar-refractivity contribution is -0.134.